The van der Waals surface area contributed by atoms with Crippen molar-refractivity contribution in [1.82, 2.24) is 30.0 Å². The van der Waals surface area contributed by atoms with E-state index in [1.54, 1.807) is 10.9 Å². The number of unbranched alkanes of at least 4 members (excludes halogenated alkanes) is 1. The standard InChI is InChI=1S/C11H17N7O/c1-12-4-2-3-5-17-6-10(13-15-17)7-18-8-11(9-19)14-16-18/h6,8,19H,1-5,7,9H2. The Labute approximate surface area is 110 Å². The Morgan fingerprint density at radius 1 is 1.11 bits per heavy atom. The molecule has 0 saturated heterocycles. The Bertz CT molecular complexity index is 519. The number of hydrogen-bond donors (Lipinski definition) is 1. The Kier molecular flexibility index (Phi) is 4.73. The maximum Gasteiger partial charge on any atom is 0.108 e. The maximum absolute atomic E-state index is 8.90. The van der Waals surface area contributed by atoms with E-state index in [1.807, 2.05) is 10.9 Å². The Balaban J connectivity index is 1.84. The van der Waals surface area contributed by atoms with Crippen LogP contribution in [-0.4, -0.2) is 48.4 Å². The first-order chi connectivity index (χ1) is 9.31. The van der Waals surface area contributed by atoms with E-state index in [2.05, 4.69) is 32.3 Å². The summed E-state index contributed by atoms with van der Waals surface area (Å²) in [7, 11) is 0. The molecule has 19 heavy (non-hydrogen) atoms. The molecule has 0 bridgehead atoms. The fraction of sp³-hybridized carbons (Fsp3) is 0.545. The van der Waals surface area contributed by atoms with Gasteiger partial charge in [-0.2, -0.15) is 0 Å². The van der Waals surface area contributed by atoms with Crippen LogP contribution in [0.4, 0.5) is 0 Å². The molecular formula is C11H17N7O. The second-order valence-electron chi connectivity index (χ2n) is 4.19. The van der Waals surface area contributed by atoms with Crippen molar-refractivity contribution < 1.29 is 5.11 Å². The topological polar surface area (TPSA) is 94.0 Å². The van der Waals surface area contributed by atoms with Gasteiger partial charge < -0.3 is 10.1 Å². The van der Waals surface area contributed by atoms with Gasteiger partial charge in [0.15, 0.2) is 0 Å². The molecule has 2 aromatic heterocycles. The second-order valence-corrected chi connectivity index (χ2v) is 4.19. The molecule has 0 amide bonds. The van der Waals surface area contributed by atoms with Gasteiger partial charge >= 0.3 is 0 Å². The smallest absolute Gasteiger partial charge is 0.108 e. The van der Waals surface area contributed by atoms with E-state index in [-0.39, 0.29) is 6.61 Å². The van der Waals surface area contributed by atoms with Crippen molar-refractivity contribution in [2.45, 2.75) is 32.5 Å². The summed E-state index contributed by atoms with van der Waals surface area (Å²) in [4.78, 5) is 3.80. The SMILES string of the molecule is C=NCCCCn1cc(Cn2cc(CO)nn2)nn1. The molecule has 0 aliphatic heterocycles. The highest BCUT2D eigenvalue weighted by Crippen LogP contribution is 2.00. The third kappa shape index (κ3) is 3.95. The molecule has 0 saturated carbocycles. The molecule has 0 aliphatic carbocycles. The number of aromatic nitrogens is 6. The van der Waals surface area contributed by atoms with E-state index in [1.165, 1.54) is 0 Å². The van der Waals surface area contributed by atoms with Crippen molar-refractivity contribution in [2.75, 3.05) is 6.54 Å². The predicted octanol–water partition coefficient (Wildman–Crippen LogP) is -0.109. The fourth-order valence-electron chi connectivity index (χ4n) is 1.67. The zero-order valence-electron chi connectivity index (χ0n) is 10.7. The summed E-state index contributed by atoms with van der Waals surface area (Å²) in [5.74, 6) is 0. The zero-order chi connectivity index (χ0) is 13.5. The molecule has 8 nitrogen and oxygen atoms in total. The molecule has 2 rings (SSSR count). The van der Waals surface area contributed by atoms with Crippen LogP contribution in [0.1, 0.15) is 24.2 Å². The molecule has 0 aliphatic rings. The van der Waals surface area contributed by atoms with Crippen molar-refractivity contribution in [1.29, 1.82) is 0 Å². The van der Waals surface area contributed by atoms with Gasteiger partial charge in [0.2, 0.25) is 0 Å². The van der Waals surface area contributed by atoms with Gasteiger partial charge in [0, 0.05) is 13.1 Å². The lowest BCUT2D eigenvalue weighted by Gasteiger charge is -1.98. The summed E-state index contributed by atoms with van der Waals surface area (Å²) in [6.45, 7) is 5.44. The number of hydrogen-bond acceptors (Lipinski definition) is 6. The van der Waals surface area contributed by atoms with Gasteiger partial charge in [-0.25, -0.2) is 4.68 Å². The van der Waals surface area contributed by atoms with Crippen molar-refractivity contribution in [3.05, 3.63) is 23.8 Å². The van der Waals surface area contributed by atoms with Crippen LogP contribution in [0.3, 0.4) is 0 Å². The van der Waals surface area contributed by atoms with Crippen LogP contribution >= 0.6 is 0 Å². The van der Waals surface area contributed by atoms with E-state index in [9.17, 15) is 0 Å². The van der Waals surface area contributed by atoms with Crippen LogP contribution in [0.5, 0.6) is 0 Å². The second kappa shape index (κ2) is 6.74. The van der Waals surface area contributed by atoms with Crippen LogP contribution in [0.15, 0.2) is 17.4 Å². The molecule has 102 valence electrons. The number of aliphatic imine (C=N–C) groups is 1. The van der Waals surface area contributed by atoms with Crippen LogP contribution < -0.4 is 0 Å². The number of aryl methyl sites for hydroxylation is 1. The summed E-state index contributed by atoms with van der Waals surface area (Å²) in [6.07, 6.45) is 5.58. The minimum absolute atomic E-state index is 0.107. The minimum atomic E-state index is -0.107. The van der Waals surface area contributed by atoms with E-state index in [4.69, 9.17) is 5.11 Å². The molecule has 2 heterocycles. The predicted molar refractivity (Wildman–Crippen MR) is 68.7 cm³/mol. The van der Waals surface area contributed by atoms with Gasteiger partial charge in [0.1, 0.15) is 11.4 Å². The van der Waals surface area contributed by atoms with Gasteiger partial charge in [-0.3, -0.25) is 4.68 Å². The number of aliphatic hydroxyl groups is 1. The first-order valence-electron chi connectivity index (χ1n) is 6.13. The normalized spacial score (nSPS) is 10.8. The number of aliphatic hydroxyl groups excluding tert-OH is 1. The monoisotopic (exact) mass is 263 g/mol. The minimum Gasteiger partial charge on any atom is -0.390 e. The molecule has 1 N–H and O–H groups in total. The molecule has 0 spiro atoms. The summed E-state index contributed by atoms with van der Waals surface area (Å²) < 4.78 is 3.43. The molecule has 0 atom stereocenters. The molecule has 0 fully saturated rings. The van der Waals surface area contributed by atoms with Crippen LogP contribution in [0.25, 0.3) is 0 Å². The van der Waals surface area contributed by atoms with E-state index < -0.39 is 0 Å². The van der Waals surface area contributed by atoms with E-state index in [0.29, 0.717) is 12.2 Å². The molecule has 0 unspecified atom stereocenters. The molecule has 8 heteroatoms. The highest BCUT2D eigenvalue weighted by atomic mass is 16.3. The average Bonchev–Trinajstić information content (AvgIpc) is 3.05. The summed E-state index contributed by atoms with van der Waals surface area (Å²) in [5.41, 5.74) is 1.36. The quantitative estimate of drug-likeness (QED) is 0.530. The largest absolute Gasteiger partial charge is 0.390 e. The molecular weight excluding hydrogens is 246 g/mol. The molecule has 0 radical (unpaired) electrons. The lowest BCUT2D eigenvalue weighted by molar-refractivity contribution is 0.276. The number of rotatable bonds is 8. The average molecular weight is 263 g/mol. The van der Waals surface area contributed by atoms with Crippen LogP contribution in [-0.2, 0) is 19.7 Å². The lowest BCUT2D eigenvalue weighted by Crippen LogP contribution is -2.01. The van der Waals surface area contributed by atoms with Crippen molar-refractivity contribution >= 4 is 6.72 Å². The van der Waals surface area contributed by atoms with Gasteiger partial charge in [-0.05, 0) is 19.6 Å². The third-order valence-electron chi connectivity index (χ3n) is 2.61. The van der Waals surface area contributed by atoms with E-state index >= 15 is 0 Å². The highest BCUT2D eigenvalue weighted by Gasteiger charge is 2.04. The zero-order valence-corrected chi connectivity index (χ0v) is 10.7. The molecule has 0 aromatic carbocycles. The van der Waals surface area contributed by atoms with Crippen molar-refractivity contribution in [2.24, 2.45) is 4.99 Å². The first kappa shape index (κ1) is 13.3. The van der Waals surface area contributed by atoms with Gasteiger partial charge in [0.05, 0.1) is 25.5 Å². The Morgan fingerprint density at radius 3 is 2.58 bits per heavy atom. The first-order valence-corrected chi connectivity index (χ1v) is 6.13. The van der Waals surface area contributed by atoms with Gasteiger partial charge in [0.25, 0.3) is 0 Å². The molecule has 2 aromatic rings. The third-order valence-corrected chi connectivity index (χ3v) is 2.61. The summed E-state index contributed by atoms with van der Waals surface area (Å²) in [6, 6.07) is 0. The highest BCUT2D eigenvalue weighted by molar-refractivity contribution is 5.22. The Morgan fingerprint density at radius 2 is 1.84 bits per heavy atom. The number of nitrogens with zero attached hydrogens (tertiary/aromatic N) is 7. The van der Waals surface area contributed by atoms with Gasteiger partial charge in [-0.15, -0.1) is 10.2 Å². The van der Waals surface area contributed by atoms with E-state index in [0.717, 1.165) is 31.6 Å². The van der Waals surface area contributed by atoms with Crippen LogP contribution in [0, 0.1) is 0 Å². The van der Waals surface area contributed by atoms with Crippen LogP contribution in [0.2, 0.25) is 0 Å². The fourth-order valence-corrected chi connectivity index (χ4v) is 1.67. The Hall–Kier alpha value is -2.09. The summed E-state index contributed by atoms with van der Waals surface area (Å²) >= 11 is 0. The lowest BCUT2D eigenvalue weighted by atomic mass is 10.3. The maximum atomic E-state index is 8.90. The summed E-state index contributed by atoms with van der Waals surface area (Å²) in [5, 5.41) is 24.7. The van der Waals surface area contributed by atoms with Crippen molar-refractivity contribution in [3.8, 4) is 0 Å². The van der Waals surface area contributed by atoms with Crippen molar-refractivity contribution in [3.63, 3.8) is 0 Å². The van der Waals surface area contributed by atoms with Gasteiger partial charge in [-0.1, -0.05) is 10.4 Å².